The van der Waals surface area contributed by atoms with E-state index in [-0.39, 0.29) is 11.6 Å². The van der Waals surface area contributed by atoms with Crippen molar-refractivity contribution < 1.29 is 13.9 Å². The summed E-state index contributed by atoms with van der Waals surface area (Å²) in [4.78, 5) is 20.3. The van der Waals surface area contributed by atoms with Crippen LogP contribution in [0.3, 0.4) is 0 Å². The van der Waals surface area contributed by atoms with Crippen LogP contribution in [0.1, 0.15) is 21.6 Å². The number of fused-ring (bicyclic) bond motifs is 1. The first-order valence-corrected chi connectivity index (χ1v) is 9.13. The number of carbonyl (C=O) groups excluding carboxylic acids is 1. The van der Waals surface area contributed by atoms with Crippen molar-refractivity contribution in [1.82, 2.24) is 15.3 Å². The zero-order valence-corrected chi connectivity index (χ0v) is 16.3. The summed E-state index contributed by atoms with van der Waals surface area (Å²) in [5.74, 6) is 0.817. The Kier molecular flexibility index (Phi) is 4.87. The zero-order valence-electron chi connectivity index (χ0n) is 16.3. The Labute approximate surface area is 167 Å². The maximum absolute atomic E-state index is 11.7. The molecule has 2 aromatic carbocycles. The molecule has 4 aromatic rings. The van der Waals surface area contributed by atoms with Crippen molar-refractivity contribution in [3.05, 3.63) is 71.5 Å². The highest BCUT2D eigenvalue weighted by Gasteiger charge is 2.11. The molecule has 0 saturated heterocycles. The van der Waals surface area contributed by atoms with Crippen molar-refractivity contribution in [3.63, 3.8) is 0 Å². The molecule has 0 radical (unpaired) electrons. The summed E-state index contributed by atoms with van der Waals surface area (Å²) in [5.41, 5.74) is 4.80. The lowest BCUT2D eigenvalue weighted by atomic mass is 10.1. The van der Waals surface area contributed by atoms with Gasteiger partial charge in [0.25, 0.3) is 11.9 Å². The average molecular weight is 388 g/mol. The van der Waals surface area contributed by atoms with E-state index in [0.717, 1.165) is 16.8 Å². The van der Waals surface area contributed by atoms with E-state index in [4.69, 9.17) is 9.15 Å². The first-order chi connectivity index (χ1) is 14.0. The predicted octanol–water partition coefficient (Wildman–Crippen LogP) is 4.74. The number of benzene rings is 2. The Bertz CT molecular complexity index is 1200. The Hall–Kier alpha value is -3.87. The third-order valence-electron chi connectivity index (χ3n) is 4.42. The molecule has 0 unspecified atom stereocenters. The standard InChI is InChI=1S/C22H20N4O3/c1-13-4-5-14(2)17(10-13)25-22-26-18-11-15(6-7-20(18)29-22)28-16-8-9-24-19(12-16)21(27)23-3/h4-12H,1-3H3,(H,23,27)(H,25,26). The van der Waals surface area contributed by atoms with Gasteiger partial charge in [0, 0.05) is 31.1 Å². The van der Waals surface area contributed by atoms with E-state index >= 15 is 0 Å². The fourth-order valence-corrected chi connectivity index (χ4v) is 2.87. The van der Waals surface area contributed by atoms with Gasteiger partial charge in [-0.1, -0.05) is 12.1 Å². The van der Waals surface area contributed by atoms with E-state index in [1.54, 1.807) is 37.4 Å². The number of anilines is 2. The molecule has 2 N–H and O–H groups in total. The Morgan fingerprint density at radius 1 is 1.03 bits per heavy atom. The molecular weight excluding hydrogens is 368 g/mol. The largest absolute Gasteiger partial charge is 0.457 e. The van der Waals surface area contributed by atoms with Gasteiger partial charge >= 0.3 is 0 Å². The molecule has 0 atom stereocenters. The normalized spacial score (nSPS) is 10.7. The monoisotopic (exact) mass is 388 g/mol. The van der Waals surface area contributed by atoms with Gasteiger partial charge in [0.1, 0.15) is 22.7 Å². The summed E-state index contributed by atoms with van der Waals surface area (Å²) in [7, 11) is 1.56. The van der Waals surface area contributed by atoms with Crippen molar-refractivity contribution >= 4 is 28.7 Å². The molecule has 0 spiro atoms. The fraction of sp³-hybridized carbons (Fsp3) is 0.136. The van der Waals surface area contributed by atoms with Crippen molar-refractivity contribution in [2.75, 3.05) is 12.4 Å². The molecule has 146 valence electrons. The van der Waals surface area contributed by atoms with Crippen LogP contribution in [0.5, 0.6) is 11.5 Å². The lowest BCUT2D eigenvalue weighted by molar-refractivity contribution is 0.0958. The van der Waals surface area contributed by atoms with Gasteiger partial charge in [-0.15, -0.1) is 0 Å². The molecule has 2 heterocycles. The Morgan fingerprint density at radius 3 is 2.69 bits per heavy atom. The molecule has 29 heavy (non-hydrogen) atoms. The Balaban J connectivity index is 1.57. The van der Waals surface area contributed by atoms with Gasteiger partial charge in [0.05, 0.1) is 0 Å². The maximum atomic E-state index is 11.7. The lowest BCUT2D eigenvalue weighted by Gasteiger charge is -2.06. The number of oxazole rings is 1. The summed E-state index contributed by atoms with van der Waals surface area (Å²) in [6, 6.07) is 15.2. The van der Waals surface area contributed by atoms with Crippen LogP contribution >= 0.6 is 0 Å². The summed E-state index contributed by atoms with van der Waals surface area (Å²) in [6.07, 6.45) is 1.53. The molecule has 2 aromatic heterocycles. The number of rotatable bonds is 5. The van der Waals surface area contributed by atoms with E-state index in [1.165, 1.54) is 6.20 Å². The van der Waals surface area contributed by atoms with E-state index < -0.39 is 0 Å². The predicted molar refractivity (Wildman–Crippen MR) is 111 cm³/mol. The van der Waals surface area contributed by atoms with Gasteiger partial charge in [-0.3, -0.25) is 9.78 Å². The van der Waals surface area contributed by atoms with Crippen LogP contribution in [0.25, 0.3) is 11.1 Å². The highest BCUT2D eigenvalue weighted by Crippen LogP contribution is 2.29. The van der Waals surface area contributed by atoms with Crippen molar-refractivity contribution in [3.8, 4) is 11.5 Å². The SMILES string of the molecule is CNC(=O)c1cc(Oc2ccc3oc(Nc4cc(C)ccc4C)nc3c2)ccn1. The molecule has 0 bridgehead atoms. The van der Waals surface area contributed by atoms with Crippen LogP contribution in [0.2, 0.25) is 0 Å². The summed E-state index contributed by atoms with van der Waals surface area (Å²) in [6.45, 7) is 4.06. The summed E-state index contributed by atoms with van der Waals surface area (Å²) >= 11 is 0. The molecular formula is C22H20N4O3. The molecule has 0 aliphatic heterocycles. The molecule has 1 amide bonds. The summed E-state index contributed by atoms with van der Waals surface area (Å²) < 4.78 is 11.7. The first-order valence-electron chi connectivity index (χ1n) is 9.13. The molecule has 0 fully saturated rings. The smallest absolute Gasteiger partial charge is 0.300 e. The van der Waals surface area contributed by atoms with Gasteiger partial charge in [-0.25, -0.2) is 0 Å². The highest BCUT2D eigenvalue weighted by atomic mass is 16.5. The van der Waals surface area contributed by atoms with Crippen LogP contribution in [0, 0.1) is 13.8 Å². The second-order valence-electron chi connectivity index (χ2n) is 6.65. The zero-order chi connectivity index (χ0) is 20.4. The van der Waals surface area contributed by atoms with Gasteiger partial charge in [-0.2, -0.15) is 4.98 Å². The summed E-state index contributed by atoms with van der Waals surface area (Å²) in [5, 5.41) is 5.77. The fourth-order valence-electron chi connectivity index (χ4n) is 2.87. The molecule has 4 rings (SSSR count). The van der Waals surface area contributed by atoms with Crippen LogP contribution in [0.15, 0.2) is 59.1 Å². The number of pyridine rings is 1. The quantitative estimate of drug-likeness (QED) is 0.513. The Morgan fingerprint density at radius 2 is 1.86 bits per heavy atom. The van der Waals surface area contributed by atoms with Crippen molar-refractivity contribution in [1.29, 1.82) is 0 Å². The number of aryl methyl sites for hydroxylation is 2. The number of aromatic nitrogens is 2. The minimum Gasteiger partial charge on any atom is -0.457 e. The number of carbonyl (C=O) groups is 1. The molecule has 7 nitrogen and oxygen atoms in total. The second kappa shape index (κ2) is 7.63. The first kappa shape index (κ1) is 18.5. The average Bonchev–Trinajstić information content (AvgIpc) is 3.12. The van der Waals surface area contributed by atoms with Gasteiger partial charge in [0.15, 0.2) is 5.58 Å². The van der Waals surface area contributed by atoms with Crippen molar-refractivity contribution in [2.45, 2.75) is 13.8 Å². The maximum Gasteiger partial charge on any atom is 0.300 e. The van der Waals surface area contributed by atoms with E-state index in [2.05, 4.69) is 26.7 Å². The number of hydrogen-bond acceptors (Lipinski definition) is 6. The van der Waals surface area contributed by atoms with E-state index in [0.29, 0.717) is 28.6 Å². The van der Waals surface area contributed by atoms with Crippen LogP contribution in [-0.2, 0) is 0 Å². The number of ether oxygens (including phenoxy) is 1. The van der Waals surface area contributed by atoms with E-state index in [9.17, 15) is 4.79 Å². The number of hydrogen-bond donors (Lipinski definition) is 2. The van der Waals surface area contributed by atoms with Crippen molar-refractivity contribution in [2.24, 2.45) is 0 Å². The minimum absolute atomic E-state index is 0.274. The third-order valence-corrected chi connectivity index (χ3v) is 4.42. The van der Waals surface area contributed by atoms with E-state index in [1.807, 2.05) is 26.0 Å². The van der Waals surface area contributed by atoms with Crippen LogP contribution in [0.4, 0.5) is 11.7 Å². The van der Waals surface area contributed by atoms with Gasteiger partial charge in [0.2, 0.25) is 0 Å². The minimum atomic E-state index is -0.274. The van der Waals surface area contributed by atoms with Gasteiger partial charge in [-0.05, 0) is 49.2 Å². The molecule has 0 saturated carbocycles. The van der Waals surface area contributed by atoms with Crippen LogP contribution < -0.4 is 15.4 Å². The molecule has 0 aliphatic rings. The topological polar surface area (TPSA) is 89.3 Å². The number of nitrogens with zero attached hydrogens (tertiary/aromatic N) is 2. The highest BCUT2D eigenvalue weighted by molar-refractivity contribution is 5.92. The number of nitrogens with one attached hydrogen (secondary N) is 2. The number of amides is 1. The molecule has 0 aliphatic carbocycles. The third kappa shape index (κ3) is 4.03. The molecule has 7 heteroatoms. The van der Waals surface area contributed by atoms with Crippen LogP contribution in [-0.4, -0.2) is 22.9 Å². The second-order valence-corrected chi connectivity index (χ2v) is 6.65. The lowest BCUT2D eigenvalue weighted by Crippen LogP contribution is -2.18. The van der Waals surface area contributed by atoms with Gasteiger partial charge < -0.3 is 19.8 Å².